The Morgan fingerprint density at radius 2 is 1.85 bits per heavy atom. The van der Waals surface area contributed by atoms with Crippen LogP contribution in [0, 0.1) is 0 Å². The molecule has 1 aliphatic heterocycles. The minimum Gasteiger partial charge on any atom is -0.350 e. The third-order valence-corrected chi connectivity index (χ3v) is 7.09. The third kappa shape index (κ3) is 3.96. The fraction of sp³-hybridized carbons (Fsp3) is 0.462. The Morgan fingerprint density at radius 1 is 1.03 bits per heavy atom. The number of anilines is 2. The van der Waals surface area contributed by atoms with E-state index in [1.54, 1.807) is 0 Å². The Morgan fingerprint density at radius 3 is 2.62 bits per heavy atom. The highest BCUT2D eigenvalue weighted by atomic mass is 15.4. The number of nitrogens with one attached hydrogen (secondary N) is 1. The Kier molecular flexibility index (Phi) is 5.32. The fourth-order valence-corrected chi connectivity index (χ4v) is 4.79. The Labute approximate surface area is 199 Å². The summed E-state index contributed by atoms with van der Waals surface area (Å²) in [7, 11) is 0. The number of piperidine rings is 1. The number of hydrogen-bond donors (Lipinski definition) is 2. The molecule has 1 aromatic carbocycles. The van der Waals surface area contributed by atoms with Crippen LogP contribution in [-0.2, 0) is 6.54 Å². The van der Waals surface area contributed by atoms with E-state index in [9.17, 15) is 0 Å². The first kappa shape index (κ1) is 21.3. The topological polar surface area (TPSA) is 97.3 Å². The second kappa shape index (κ2) is 8.51. The van der Waals surface area contributed by atoms with Crippen LogP contribution in [0.5, 0.6) is 0 Å². The zero-order valence-electron chi connectivity index (χ0n) is 19.9. The summed E-state index contributed by atoms with van der Waals surface area (Å²) in [5.41, 5.74) is 11.6. The van der Waals surface area contributed by atoms with Gasteiger partial charge in [0, 0.05) is 48.2 Å². The van der Waals surface area contributed by atoms with Crippen molar-refractivity contribution in [2.75, 3.05) is 23.3 Å². The van der Waals surface area contributed by atoms with Crippen molar-refractivity contribution >= 4 is 28.4 Å². The lowest BCUT2D eigenvalue weighted by molar-refractivity contribution is 0.495. The maximum Gasteiger partial charge on any atom is 0.230 e. The molecule has 1 aliphatic carbocycles. The van der Waals surface area contributed by atoms with Crippen molar-refractivity contribution in [3.05, 3.63) is 53.3 Å². The Hall–Kier alpha value is -3.26. The molecule has 0 spiro atoms. The molecule has 0 radical (unpaired) electrons. The van der Waals surface area contributed by atoms with E-state index in [4.69, 9.17) is 20.7 Å². The zero-order chi connectivity index (χ0) is 23.2. The number of aromatic nitrogens is 5. The number of para-hydroxylation sites is 1. The minimum absolute atomic E-state index is 0.262. The zero-order valence-corrected chi connectivity index (χ0v) is 19.9. The molecule has 0 atom stereocenters. The lowest BCUT2D eigenvalue weighted by atomic mass is 10.1. The van der Waals surface area contributed by atoms with Crippen LogP contribution >= 0.6 is 0 Å². The van der Waals surface area contributed by atoms with E-state index in [1.165, 1.54) is 23.9 Å². The maximum atomic E-state index is 6.13. The molecule has 3 N–H and O–H groups in total. The second-order valence-corrected chi connectivity index (χ2v) is 10.0. The van der Waals surface area contributed by atoms with E-state index >= 15 is 0 Å². The summed E-state index contributed by atoms with van der Waals surface area (Å²) in [6, 6.07) is 11.0. The lowest BCUT2D eigenvalue weighted by Gasteiger charge is -2.30. The number of pyridine rings is 1. The summed E-state index contributed by atoms with van der Waals surface area (Å²) >= 11 is 0. The van der Waals surface area contributed by atoms with Gasteiger partial charge in [0.05, 0.1) is 11.7 Å². The van der Waals surface area contributed by atoms with Gasteiger partial charge in [-0.25, -0.2) is 0 Å². The van der Waals surface area contributed by atoms with Crippen LogP contribution in [0.25, 0.3) is 16.6 Å². The molecule has 176 valence electrons. The highest BCUT2D eigenvalue weighted by molar-refractivity contribution is 5.82. The average molecular weight is 457 g/mol. The molecule has 0 amide bonds. The molecule has 1 saturated carbocycles. The summed E-state index contributed by atoms with van der Waals surface area (Å²) < 4.78 is 1.84. The van der Waals surface area contributed by atoms with E-state index in [-0.39, 0.29) is 6.04 Å². The van der Waals surface area contributed by atoms with Crippen LogP contribution in [0.1, 0.15) is 68.2 Å². The number of nitrogens with zero attached hydrogens (tertiary/aromatic N) is 6. The molecule has 0 bridgehead atoms. The highest BCUT2D eigenvalue weighted by Gasteiger charge is 2.25. The molecule has 8 nitrogen and oxygen atoms in total. The van der Waals surface area contributed by atoms with Crippen LogP contribution in [0.2, 0.25) is 0 Å². The summed E-state index contributed by atoms with van der Waals surface area (Å²) in [5, 5.41) is 9.36. The smallest absolute Gasteiger partial charge is 0.230 e. The predicted molar refractivity (Wildman–Crippen MR) is 135 cm³/mol. The van der Waals surface area contributed by atoms with Crippen LogP contribution in [0.4, 0.5) is 11.9 Å². The quantitative estimate of drug-likeness (QED) is 0.448. The van der Waals surface area contributed by atoms with Crippen molar-refractivity contribution in [2.45, 2.75) is 64.0 Å². The van der Waals surface area contributed by atoms with E-state index in [0.29, 0.717) is 24.3 Å². The first-order chi connectivity index (χ1) is 16.6. The molecule has 34 heavy (non-hydrogen) atoms. The molecule has 4 heterocycles. The van der Waals surface area contributed by atoms with Gasteiger partial charge in [-0.05, 0) is 43.2 Å². The van der Waals surface area contributed by atoms with Gasteiger partial charge < -0.3 is 16.0 Å². The lowest BCUT2D eigenvalue weighted by Crippen LogP contribution is -2.40. The Bertz CT molecular complexity index is 1330. The van der Waals surface area contributed by atoms with Crippen LogP contribution in [0.3, 0.4) is 0 Å². The largest absolute Gasteiger partial charge is 0.350 e. The van der Waals surface area contributed by atoms with Gasteiger partial charge in [-0.2, -0.15) is 19.6 Å². The molecule has 8 heteroatoms. The number of rotatable bonds is 6. The van der Waals surface area contributed by atoms with E-state index in [2.05, 4.69) is 59.5 Å². The highest BCUT2D eigenvalue weighted by Crippen LogP contribution is 2.39. The SMILES string of the molecule is CC(C)c1cnn2c(NCc3cccc4ccc(C5CC5)nc34)nc(N3CCC(N)CC3)nc12. The first-order valence-electron chi connectivity index (χ1n) is 12.5. The molecule has 6 rings (SSSR count). The molecular formula is C26H32N8. The van der Waals surface area contributed by atoms with E-state index in [1.807, 2.05) is 10.7 Å². The van der Waals surface area contributed by atoms with Gasteiger partial charge in [-0.1, -0.05) is 38.1 Å². The summed E-state index contributed by atoms with van der Waals surface area (Å²) in [6.45, 7) is 6.71. The summed E-state index contributed by atoms with van der Waals surface area (Å²) in [6.07, 6.45) is 6.33. The number of benzene rings is 1. The summed E-state index contributed by atoms with van der Waals surface area (Å²) in [4.78, 5) is 17.1. The molecule has 2 fully saturated rings. The molecule has 4 aromatic rings. The van der Waals surface area contributed by atoms with Crippen LogP contribution < -0.4 is 16.0 Å². The second-order valence-electron chi connectivity index (χ2n) is 10.0. The Balaban J connectivity index is 1.36. The van der Waals surface area contributed by atoms with Crippen molar-refractivity contribution in [2.24, 2.45) is 5.73 Å². The normalized spacial score (nSPS) is 17.2. The summed E-state index contributed by atoms with van der Waals surface area (Å²) in [5.74, 6) is 2.41. The van der Waals surface area contributed by atoms with Gasteiger partial charge in [0.2, 0.25) is 11.9 Å². The maximum absolute atomic E-state index is 6.13. The fourth-order valence-electron chi connectivity index (χ4n) is 4.79. The van der Waals surface area contributed by atoms with Crippen molar-refractivity contribution in [1.82, 2.24) is 24.6 Å². The van der Waals surface area contributed by atoms with Gasteiger partial charge in [-0.15, -0.1) is 0 Å². The third-order valence-electron chi connectivity index (χ3n) is 7.09. The average Bonchev–Trinajstić information content (AvgIpc) is 3.61. The van der Waals surface area contributed by atoms with Gasteiger partial charge in [0.25, 0.3) is 0 Å². The molecule has 2 aliphatic rings. The van der Waals surface area contributed by atoms with Crippen molar-refractivity contribution in [3.8, 4) is 0 Å². The molecule has 0 unspecified atom stereocenters. The number of nitrogens with two attached hydrogens (primary N) is 1. The van der Waals surface area contributed by atoms with Crippen LogP contribution in [-0.4, -0.2) is 43.7 Å². The molecule has 3 aromatic heterocycles. The van der Waals surface area contributed by atoms with Gasteiger partial charge >= 0.3 is 0 Å². The van der Waals surface area contributed by atoms with Gasteiger partial charge in [0.15, 0.2) is 5.65 Å². The van der Waals surface area contributed by atoms with Crippen molar-refractivity contribution in [1.29, 1.82) is 0 Å². The van der Waals surface area contributed by atoms with Crippen LogP contribution in [0.15, 0.2) is 36.5 Å². The van der Waals surface area contributed by atoms with Gasteiger partial charge in [0.1, 0.15) is 0 Å². The standard InChI is InChI=1S/C26H32N8/c1-16(2)21-15-29-34-24(21)31-26(33-12-10-20(27)11-13-33)32-25(34)28-14-19-5-3-4-18-8-9-22(17-6-7-17)30-23(18)19/h3-5,8-9,15-17,20H,6-7,10-14,27H2,1-2H3,(H,28,31,32). The number of fused-ring (bicyclic) bond motifs is 2. The van der Waals surface area contributed by atoms with Crippen molar-refractivity contribution in [3.63, 3.8) is 0 Å². The first-order valence-corrected chi connectivity index (χ1v) is 12.5. The predicted octanol–water partition coefficient (Wildman–Crippen LogP) is 4.21. The van der Waals surface area contributed by atoms with E-state index < -0.39 is 0 Å². The van der Waals surface area contributed by atoms with Crippen molar-refractivity contribution < 1.29 is 0 Å². The molecule has 1 saturated heterocycles. The van der Waals surface area contributed by atoms with E-state index in [0.717, 1.165) is 54.2 Å². The van der Waals surface area contributed by atoms with Gasteiger partial charge in [-0.3, -0.25) is 4.98 Å². The molecular weight excluding hydrogens is 424 g/mol. The monoisotopic (exact) mass is 456 g/mol. The minimum atomic E-state index is 0.262. The number of hydrogen-bond acceptors (Lipinski definition) is 7.